The summed E-state index contributed by atoms with van der Waals surface area (Å²) < 4.78 is 28.2. The highest BCUT2D eigenvalue weighted by molar-refractivity contribution is 7.90. The Morgan fingerprint density at radius 1 is 1.23 bits per heavy atom. The van der Waals surface area contributed by atoms with Gasteiger partial charge < -0.3 is 4.90 Å². The molecule has 0 aromatic carbocycles. The molecule has 0 aliphatic carbocycles. The van der Waals surface area contributed by atoms with Crippen molar-refractivity contribution in [1.82, 2.24) is 14.5 Å². The quantitative estimate of drug-likeness (QED) is 0.821. The zero-order valence-electron chi connectivity index (χ0n) is 14.1. The van der Waals surface area contributed by atoms with Crippen molar-refractivity contribution in [2.24, 2.45) is 5.92 Å². The normalized spacial score (nSPS) is 31.0. The molecule has 0 aromatic rings. The zero-order valence-corrected chi connectivity index (χ0v) is 14.9. The molecule has 3 unspecified atom stereocenters. The Labute approximate surface area is 134 Å². The van der Waals surface area contributed by atoms with Crippen LogP contribution in [0.25, 0.3) is 0 Å². The molecule has 0 spiro atoms. The van der Waals surface area contributed by atoms with Crippen LogP contribution in [0.1, 0.15) is 40.5 Å². The van der Waals surface area contributed by atoms with Crippen molar-refractivity contribution in [3.8, 4) is 0 Å². The van der Waals surface area contributed by atoms with Crippen LogP contribution in [0.15, 0.2) is 0 Å². The maximum Gasteiger partial charge on any atom is 0.219 e. The molecule has 2 saturated heterocycles. The molecule has 0 radical (unpaired) electrons. The van der Waals surface area contributed by atoms with Crippen LogP contribution in [-0.2, 0) is 14.8 Å². The minimum absolute atomic E-state index is 0.0277. The van der Waals surface area contributed by atoms with Crippen molar-refractivity contribution in [3.63, 3.8) is 0 Å². The van der Waals surface area contributed by atoms with E-state index in [9.17, 15) is 13.2 Å². The average Bonchev–Trinajstić information content (AvgIpc) is 2.80. The first-order valence-electron chi connectivity index (χ1n) is 8.21. The second kappa shape index (κ2) is 6.84. The Hall–Kier alpha value is -0.660. The first-order valence-corrected chi connectivity index (χ1v) is 9.76. The van der Waals surface area contributed by atoms with Gasteiger partial charge in [-0.15, -0.1) is 0 Å². The zero-order chi connectivity index (χ0) is 16.5. The van der Waals surface area contributed by atoms with Crippen LogP contribution < -0.4 is 4.72 Å². The van der Waals surface area contributed by atoms with E-state index < -0.39 is 15.3 Å². The van der Waals surface area contributed by atoms with E-state index in [1.165, 1.54) is 6.92 Å². The highest BCUT2D eigenvalue weighted by atomic mass is 32.2. The van der Waals surface area contributed by atoms with Crippen LogP contribution in [0.5, 0.6) is 0 Å². The van der Waals surface area contributed by atoms with E-state index in [-0.39, 0.29) is 11.9 Å². The summed E-state index contributed by atoms with van der Waals surface area (Å²) in [5.74, 6) is 0.268. The molecule has 2 rings (SSSR count). The van der Waals surface area contributed by atoms with Crippen LogP contribution in [-0.4, -0.2) is 67.6 Å². The minimum Gasteiger partial charge on any atom is -0.342 e. The summed E-state index contributed by atoms with van der Waals surface area (Å²) in [6, 6.07) is 0.403. The lowest BCUT2D eigenvalue weighted by Gasteiger charge is -2.32. The number of rotatable bonds is 4. The molecule has 3 atom stereocenters. The van der Waals surface area contributed by atoms with Crippen LogP contribution in [0, 0.1) is 5.92 Å². The molecular formula is C15H29N3O3S. The van der Waals surface area contributed by atoms with E-state index in [2.05, 4.69) is 30.4 Å². The third kappa shape index (κ3) is 4.00. The molecule has 2 heterocycles. The average molecular weight is 331 g/mol. The van der Waals surface area contributed by atoms with Crippen LogP contribution >= 0.6 is 0 Å². The SMILES string of the molecule is CC(=O)N1CCCC(S(=O)(=O)NC2CN(C(C)C)CC2C)C1. The number of hydrogen-bond acceptors (Lipinski definition) is 4. The standard InChI is InChI=1S/C15H29N3O3S/c1-11(2)18-8-12(3)15(10-18)16-22(20,21)14-6-5-7-17(9-14)13(4)19/h11-12,14-16H,5-10H2,1-4H3. The molecule has 1 amide bonds. The first kappa shape index (κ1) is 17.7. The number of nitrogens with zero attached hydrogens (tertiary/aromatic N) is 2. The maximum absolute atomic E-state index is 12.7. The molecule has 0 saturated carbocycles. The summed E-state index contributed by atoms with van der Waals surface area (Å²) in [6.45, 7) is 10.5. The van der Waals surface area contributed by atoms with E-state index in [0.717, 1.165) is 19.5 Å². The third-order valence-corrected chi connectivity index (χ3v) is 6.84. The second-order valence-corrected chi connectivity index (χ2v) is 9.02. The molecule has 2 aliphatic heterocycles. The van der Waals surface area contributed by atoms with E-state index in [1.54, 1.807) is 4.90 Å². The van der Waals surface area contributed by atoms with Gasteiger partial charge in [0.2, 0.25) is 15.9 Å². The van der Waals surface area contributed by atoms with Crippen molar-refractivity contribution >= 4 is 15.9 Å². The number of likely N-dealkylation sites (tertiary alicyclic amines) is 2. The molecule has 0 bridgehead atoms. The van der Waals surface area contributed by atoms with Crippen molar-refractivity contribution < 1.29 is 13.2 Å². The van der Waals surface area contributed by atoms with Crippen LogP contribution in [0.2, 0.25) is 0 Å². The number of hydrogen-bond donors (Lipinski definition) is 1. The van der Waals surface area contributed by atoms with Crippen molar-refractivity contribution in [3.05, 3.63) is 0 Å². The topological polar surface area (TPSA) is 69.7 Å². The number of nitrogens with one attached hydrogen (secondary N) is 1. The monoisotopic (exact) mass is 331 g/mol. The van der Waals surface area contributed by atoms with Crippen LogP contribution in [0.4, 0.5) is 0 Å². The number of amides is 1. The largest absolute Gasteiger partial charge is 0.342 e. The fraction of sp³-hybridized carbons (Fsp3) is 0.933. The van der Waals surface area contributed by atoms with E-state index in [4.69, 9.17) is 0 Å². The number of carbonyl (C=O) groups excluding carboxylic acids is 1. The summed E-state index contributed by atoms with van der Waals surface area (Å²) in [4.78, 5) is 15.4. The Morgan fingerprint density at radius 3 is 2.45 bits per heavy atom. The van der Waals surface area contributed by atoms with Gasteiger partial charge in [0.05, 0.1) is 5.25 Å². The molecule has 128 valence electrons. The molecular weight excluding hydrogens is 302 g/mol. The molecule has 7 heteroatoms. The van der Waals surface area contributed by atoms with Gasteiger partial charge in [0.1, 0.15) is 0 Å². The molecule has 0 aromatic heterocycles. The van der Waals surface area contributed by atoms with Gasteiger partial charge in [-0.05, 0) is 32.6 Å². The van der Waals surface area contributed by atoms with E-state index in [0.29, 0.717) is 31.5 Å². The van der Waals surface area contributed by atoms with Gasteiger partial charge in [-0.1, -0.05) is 6.92 Å². The lowest BCUT2D eigenvalue weighted by atomic mass is 10.1. The Kier molecular flexibility index (Phi) is 5.50. The smallest absolute Gasteiger partial charge is 0.219 e. The van der Waals surface area contributed by atoms with Gasteiger partial charge in [0.15, 0.2) is 0 Å². The fourth-order valence-corrected chi connectivity index (χ4v) is 5.14. The third-order valence-electron chi connectivity index (χ3n) is 4.95. The van der Waals surface area contributed by atoms with Crippen molar-refractivity contribution in [1.29, 1.82) is 0 Å². The summed E-state index contributed by atoms with van der Waals surface area (Å²) in [6.07, 6.45) is 1.39. The summed E-state index contributed by atoms with van der Waals surface area (Å²) >= 11 is 0. The lowest BCUT2D eigenvalue weighted by Crippen LogP contribution is -2.51. The highest BCUT2D eigenvalue weighted by Crippen LogP contribution is 2.22. The summed E-state index contributed by atoms with van der Waals surface area (Å²) in [5, 5.41) is -0.481. The molecule has 2 fully saturated rings. The van der Waals surface area contributed by atoms with Crippen LogP contribution in [0.3, 0.4) is 0 Å². The number of sulfonamides is 1. The van der Waals surface area contributed by atoms with Gasteiger partial charge in [-0.2, -0.15) is 0 Å². The summed E-state index contributed by atoms with van der Waals surface area (Å²) in [5.41, 5.74) is 0. The second-order valence-electron chi connectivity index (χ2n) is 7.02. The van der Waals surface area contributed by atoms with Gasteiger partial charge in [0.25, 0.3) is 0 Å². The van der Waals surface area contributed by atoms with Crippen molar-refractivity contribution in [2.45, 2.75) is 57.9 Å². The minimum atomic E-state index is -3.39. The molecule has 22 heavy (non-hydrogen) atoms. The van der Waals surface area contributed by atoms with Gasteiger partial charge in [-0.25, -0.2) is 13.1 Å². The lowest BCUT2D eigenvalue weighted by molar-refractivity contribution is -0.129. The Morgan fingerprint density at radius 2 is 1.91 bits per heavy atom. The molecule has 1 N–H and O–H groups in total. The number of carbonyl (C=O) groups is 1. The Balaban J connectivity index is 2.00. The molecule has 2 aliphatic rings. The predicted molar refractivity (Wildman–Crippen MR) is 87.0 cm³/mol. The van der Waals surface area contributed by atoms with Gasteiger partial charge in [-0.3, -0.25) is 9.69 Å². The van der Waals surface area contributed by atoms with Gasteiger partial charge in [0, 0.05) is 45.2 Å². The van der Waals surface area contributed by atoms with Crippen molar-refractivity contribution in [2.75, 3.05) is 26.2 Å². The number of piperidine rings is 1. The Bertz CT molecular complexity index is 506. The summed E-state index contributed by atoms with van der Waals surface area (Å²) in [7, 11) is -3.39. The van der Waals surface area contributed by atoms with E-state index in [1.807, 2.05) is 0 Å². The first-order chi connectivity index (χ1) is 10.2. The molecule has 6 nitrogen and oxygen atoms in total. The van der Waals surface area contributed by atoms with Gasteiger partial charge >= 0.3 is 0 Å². The maximum atomic E-state index is 12.7. The van der Waals surface area contributed by atoms with E-state index >= 15 is 0 Å². The fourth-order valence-electron chi connectivity index (χ4n) is 3.36. The highest BCUT2D eigenvalue weighted by Gasteiger charge is 2.37. The predicted octanol–water partition coefficient (Wildman–Crippen LogP) is 0.645.